The average molecular weight is 285 g/mol. The molecular formula is C14H9ClN4O. The van der Waals surface area contributed by atoms with Crippen LogP contribution in [0.25, 0.3) is 17.3 Å². The zero-order chi connectivity index (χ0) is 14.1. The Hall–Kier alpha value is -2.58. The zero-order valence-corrected chi connectivity index (χ0v) is 11.3. The van der Waals surface area contributed by atoms with Gasteiger partial charge >= 0.3 is 0 Å². The molecule has 0 fully saturated rings. The fourth-order valence-electron chi connectivity index (χ4n) is 2.07. The molecule has 98 valence electrons. The fraction of sp³-hybridized carbons (Fsp3) is 0.0714. The number of nitrogens with zero attached hydrogens (tertiary/aromatic N) is 4. The Kier molecular flexibility index (Phi) is 3.01. The second-order valence-electron chi connectivity index (χ2n) is 4.19. The van der Waals surface area contributed by atoms with Gasteiger partial charge in [-0.3, -0.25) is 0 Å². The number of hydrogen-bond donors (Lipinski definition) is 0. The molecular weight excluding hydrogens is 276 g/mol. The van der Waals surface area contributed by atoms with Crippen molar-refractivity contribution in [1.82, 2.24) is 14.8 Å². The molecule has 0 aliphatic heterocycles. The van der Waals surface area contributed by atoms with Crippen LogP contribution in [0.15, 0.2) is 41.3 Å². The topological polar surface area (TPSA) is 67.6 Å². The second kappa shape index (κ2) is 4.83. The minimum Gasteiger partial charge on any atom is -0.422 e. The third-order valence-corrected chi connectivity index (χ3v) is 3.55. The van der Waals surface area contributed by atoms with Crippen LogP contribution in [0.4, 0.5) is 0 Å². The lowest BCUT2D eigenvalue weighted by atomic mass is 10.1. The van der Waals surface area contributed by atoms with Crippen molar-refractivity contribution in [2.75, 3.05) is 0 Å². The smallest absolute Gasteiger partial charge is 0.264 e. The lowest BCUT2D eigenvalue weighted by molar-refractivity contribution is 0.565. The maximum atomic E-state index is 8.99. The average Bonchev–Trinajstić information content (AvgIpc) is 3.11. The number of aromatic nitrogens is 3. The summed E-state index contributed by atoms with van der Waals surface area (Å²) in [5.74, 6) is 0.426. The van der Waals surface area contributed by atoms with E-state index in [0.717, 1.165) is 16.9 Å². The van der Waals surface area contributed by atoms with Crippen LogP contribution in [0.2, 0.25) is 5.02 Å². The Labute approximate surface area is 120 Å². The molecule has 0 radical (unpaired) electrons. The highest BCUT2D eigenvalue weighted by atomic mass is 35.5. The van der Waals surface area contributed by atoms with E-state index in [4.69, 9.17) is 21.3 Å². The van der Waals surface area contributed by atoms with Gasteiger partial charge in [0.2, 0.25) is 6.39 Å². The van der Waals surface area contributed by atoms with Crippen molar-refractivity contribution in [2.24, 2.45) is 0 Å². The molecule has 6 heteroatoms. The number of hydrogen-bond acceptors (Lipinski definition) is 4. The molecule has 0 aliphatic carbocycles. The van der Waals surface area contributed by atoms with Gasteiger partial charge in [-0.25, -0.2) is 0 Å². The largest absolute Gasteiger partial charge is 0.422 e. The van der Waals surface area contributed by atoms with Crippen molar-refractivity contribution < 1.29 is 4.42 Å². The molecule has 2 heterocycles. The van der Waals surface area contributed by atoms with Crippen LogP contribution < -0.4 is 0 Å². The zero-order valence-electron chi connectivity index (χ0n) is 10.5. The van der Waals surface area contributed by atoms with E-state index >= 15 is 0 Å². The van der Waals surface area contributed by atoms with Crippen molar-refractivity contribution in [1.29, 1.82) is 5.26 Å². The van der Waals surface area contributed by atoms with Crippen LogP contribution in [0, 0.1) is 18.3 Å². The van der Waals surface area contributed by atoms with Crippen molar-refractivity contribution in [3.63, 3.8) is 0 Å². The highest BCUT2D eigenvalue weighted by Crippen LogP contribution is 2.29. The van der Waals surface area contributed by atoms with E-state index in [0.29, 0.717) is 16.5 Å². The number of nitriles is 1. The summed E-state index contributed by atoms with van der Waals surface area (Å²) < 4.78 is 7.13. The molecule has 0 atom stereocenters. The first-order valence-electron chi connectivity index (χ1n) is 5.86. The first-order chi connectivity index (χ1) is 9.72. The molecule has 1 aromatic carbocycles. The molecule has 2 aromatic heterocycles. The quantitative estimate of drug-likeness (QED) is 0.723. The van der Waals surface area contributed by atoms with E-state index in [2.05, 4.69) is 16.3 Å². The first-order valence-corrected chi connectivity index (χ1v) is 6.23. The minimum absolute atomic E-state index is 0.426. The highest BCUT2D eigenvalue weighted by Gasteiger charge is 2.14. The Bertz CT molecular complexity index is 799. The standard InChI is InChI=1S/C14H9ClN4O/c1-9-11(5-4-10(7-16)13(9)15)19-6-2-3-12(19)14-18-17-8-20-14/h2-6,8H,1H3. The van der Waals surface area contributed by atoms with Gasteiger partial charge in [-0.2, -0.15) is 5.26 Å². The van der Waals surface area contributed by atoms with Gasteiger partial charge in [0, 0.05) is 6.20 Å². The molecule has 0 spiro atoms. The Morgan fingerprint density at radius 3 is 2.90 bits per heavy atom. The summed E-state index contributed by atoms with van der Waals surface area (Å²) in [4.78, 5) is 0. The monoisotopic (exact) mass is 284 g/mol. The molecule has 0 amide bonds. The summed E-state index contributed by atoms with van der Waals surface area (Å²) in [6.07, 6.45) is 3.16. The summed E-state index contributed by atoms with van der Waals surface area (Å²) in [5, 5.41) is 17.0. The molecule has 3 rings (SSSR count). The van der Waals surface area contributed by atoms with E-state index in [-0.39, 0.29) is 0 Å². The normalized spacial score (nSPS) is 10.4. The Morgan fingerprint density at radius 2 is 2.20 bits per heavy atom. The maximum absolute atomic E-state index is 8.99. The van der Waals surface area contributed by atoms with Gasteiger partial charge in [0.1, 0.15) is 11.8 Å². The molecule has 0 bridgehead atoms. The van der Waals surface area contributed by atoms with Crippen LogP contribution in [0.1, 0.15) is 11.1 Å². The molecule has 0 aliphatic rings. The molecule has 0 N–H and O–H groups in total. The van der Waals surface area contributed by atoms with Crippen LogP contribution in [-0.2, 0) is 0 Å². The van der Waals surface area contributed by atoms with Crippen molar-refractivity contribution >= 4 is 11.6 Å². The SMILES string of the molecule is Cc1c(-n2cccc2-c2nnco2)ccc(C#N)c1Cl. The molecule has 0 saturated carbocycles. The van der Waals surface area contributed by atoms with E-state index in [1.807, 2.05) is 35.9 Å². The summed E-state index contributed by atoms with van der Waals surface area (Å²) >= 11 is 6.21. The Balaban J connectivity index is 2.19. The van der Waals surface area contributed by atoms with Crippen molar-refractivity contribution in [2.45, 2.75) is 6.92 Å². The van der Waals surface area contributed by atoms with Gasteiger partial charge in [-0.1, -0.05) is 11.6 Å². The predicted molar refractivity (Wildman–Crippen MR) is 73.5 cm³/mol. The second-order valence-corrected chi connectivity index (χ2v) is 4.57. The molecule has 20 heavy (non-hydrogen) atoms. The highest BCUT2D eigenvalue weighted by molar-refractivity contribution is 6.32. The maximum Gasteiger partial charge on any atom is 0.264 e. The summed E-state index contributed by atoms with van der Waals surface area (Å²) in [5.41, 5.74) is 2.92. The summed E-state index contributed by atoms with van der Waals surface area (Å²) in [6, 6.07) is 9.37. The van der Waals surface area contributed by atoms with Gasteiger partial charge in [0.05, 0.1) is 16.3 Å². The van der Waals surface area contributed by atoms with Gasteiger partial charge < -0.3 is 8.98 Å². The summed E-state index contributed by atoms with van der Waals surface area (Å²) in [7, 11) is 0. The number of halogens is 1. The van der Waals surface area contributed by atoms with Crippen LogP contribution >= 0.6 is 11.6 Å². The van der Waals surface area contributed by atoms with Crippen molar-refractivity contribution in [3.05, 3.63) is 53.0 Å². The first kappa shape index (κ1) is 12.5. The van der Waals surface area contributed by atoms with E-state index in [1.54, 1.807) is 6.07 Å². The third kappa shape index (κ3) is 1.87. The van der Waals surface area contributed by atoms with Gasteiger partial charge in [-0.15, -0.1) is 10.2 Å². The molecule has 3 aromatic rings. The third-order valence-electron chi connectivity index (χ3n) is 3.07. The molecule has 0 unspecified atom stereocenters. The lowest BCUT2D eigenvalue weighted by Crippen LogP contribution is -1.99. The Morgan fingerprint density at radius 1 is 1.35 bits per heavy atom. The minimum atomic E-state index is 0.426. The van der Waals surface area contributed by atoms with Crippen LogP contribution in [0.3, 0.4) is 0 Å². The van der Waals surface area contributed by atoms with E-state index in [9.17, 15) is 0 Å². The predicted octanol–water partition coefficient (Wildman–Crippen LogP) is 3.36. The lowest BCUT2D eigenvalue weighted by Gasteiger charge is -2.12. The summed E-state index contributed by atoms with van der Waals surface area (Å²) in [6.45, 7) is 1.87. The molecule has 5 nitrogen and oxygen atoms in total. The van der Waals surface area contributed by atoms with Gasteiger partial charge in [-0.05, 0) is 36.8 Å². The number of benzene rings is 1. The fourth-order valence-corrected chi connectivity index (χ4v) is 2.27. The van der Waals surface area contributed by atoms with Crippen molar-refractivity contribution in [3.8, 4) is 23.3 Å². The number of rotatable bonds is 2. The van der Waals surface area contributed by atoms with Crippen LogP contribution in [-0.4, -0.2) is 14.8 Å². The van der Waals surface area contributed by atoms with Crippen LogP contribution in [0.5, 0.6) is 0 Å². The van der Waals surface area contributed by atoms with E-state index < -0.39 is 0 Å². The van der Waals surface area contributed by atoms with Gasteiger partial charge in [0.15, 0.2) is 0 Å². The molecule has 0 saturated heterocycles. The van der Waals surface area contributed by atoms with Gasteiger partial charge in [0.25, 0.3) is 5.89 Å². The van der Waals surface area contributed by atoms with E-state index in [1.165, 1.54) is 6.39 Å².